The fraction of sp³-hybridized carbons (Fsp3) is 0.636. The van der Waals surface area contributed by atoms with Crippen LogP contribution in [-0.4, -0.2) is 57.3 Å². The van der Waals surface area contributed by atoms with Crippen LogP contribution in [0.1, 0.15) is 10.6 Å². The number of aliphatic hydroxyl groups excluding tert-OH is 2. The van der Waals surface area contributed by atoms with Crippen molar-refractivity contribution in [2.75, 3.05) is 26.3 Å². The van der Waals surface area contributed by atoms with Crippen LogP contribution in [-0.2, 0) is 0 Å². The van der Waals surface area contributed by atoms with Crippen molar-refractivity contribution >= 4 is 5.91 Å². The molecule has 3 N–H and O–H groups in total. The lowest BCUT2D eigenvalue weighted by molar-refractivity contribution is 0.0628. The Bertz CT molecular complexity index is 413. The fourth-order valence-corrected chi connectivity index (χ4v) is 3.05. The zero-order valence-corrected chi connectivity index (χ0v) is 9.33. The van der Waals surface area contributed by atoms with Crippen molar-refractivity contribution in [3.8, 4) is 0 Å². The SMILES string of the molecule is O=C(c1ncc[nH]1)N1CC2C(C1)C2(CO)CO. The van der Waals surface area contributed by atoms with Crippen molar-refractivity contribution in [1.29, 1.82) is 0 Å². The van der Waals surface area contributed by atoms with Crippen LogP contribution in [0, 0.1) is 17.3 Å². The molecule has 1 saturated heterocycles. The van der Waals surface area contributed by atoms with Crippen LogP contribution in [0.3, 0.4) is 0 Å². The second-order valence-electron chi connectivity index (χ2n) is 4.91. The van der Waals surface area contributed by atoms with E-state index in [0.717, 1.165) is 0 Å². The zero-order valence-electron chi connectivity index (χ0n) is 9.33. The van der Waals surface area contributed by atoms with E-state index in [-0.39, 0.29) is 36.4 Å². The van der Waals surface area contributed by atoms with Crippen molar-refractivity contribution in [1.82, 2.24) is 14.9 Å². The predicted molar refractivity (Wildman–Crippen MR) is 58.1 cm³/mol. The Hall–Kier alpha value is -1.40. The van der Waals surface area contributed by atoms with Crippen LogP contribution in [0.4, 0.5) is 0 Å². The highest BCUT2D eigenvalue weighted by Gasteiger charge is 2.68. The molecule has 1 aliphatic heterocycles. The minimum atomic E-state index is -0.347. The molecule has 0 radical (unpaired) electrons. The Labute approximate surface area is 98.3 Å². The van der Waals surface area contributed by atoms with Gasteiger partial charge in [-0.25, -0.2) is 4.98 Å². The molecule has 1 saturated carbocycles. The number of nitrogens with one attached hydrogen (secondary N) is 1. The van der Waals surface area contributed by atoms with Gasteiger partial charge in [-0.3, -0.25) is 4.79 Å². The van der Waals surface area contributed by atoms with E-state index in [4.69, 9.17) is 0 Å². The summed E-state index contributed by atoms with van der Waals surface area (Å²) in [4.78, 5) is 20.4. The Morgan fingerprint density at radius 3 is 2.59 bits per heavy atom. The number of piperidine rings is 1. The van der Waals surface area contributed by atoms with Gasteiger partial charge < -0.3 is 20.1 Å². The van der Waals surface area contributed by atoms with Crippen molar-refractivity contribution in [3.63, 3.8) is 0 Å². The predicted octanol–water partition coefficient (Wildman–Crippen LogP) is -0.917. The maximum atomic E-state index is 12.0. The number of aromatic amines is 1. The van der Waals surface area contributed by atoms with Gasteiger partial charge in [0.1, 0.15) is 0 Å². The third-order valence-electron chi connectivity index (χ3n) is 4.26. The summed E-state index contributed by atoms with van der Waals surface area (Å²) >= 11 is 0. The van der Waals surface area contributed by atoms with E-state index in [2.05, 4.69) is 9.97 Å². The van der Waals surface area contributed by atoms with Gasteiger partial charge in [0.15, 0.2) is 5.82 Å². The molecular weight excluding hydrogens is 222 g/mol. The number of fused-ring (bicyclic) bond motifs is 1. The summed E-state index contributed by atoms with van der Waals surface area (Å²) in [6, 6.07) is 0. The monoisotopic (exact) mass is 237 g/mol. The maximum Gasteiger partial charge on any atom is 0.289 e. The Morgan fingerprint density at radius 1 is 1.47 bits per heavy atom. The first-order valence-corrected chi connectivity index (χ1v) is 5.73. The molecule has 6 nitrogen and oxygen atoms in total. The molecule has 0 aromatic carbocycles. The lowest BCUT2D eigenvalue weighted by Crippen LogP contribution is -2.36. The van der Waals surface area contributed by atoms with Crippen molar-refractivity contribution in [2.45, 2.75) is 0 Å². The van der Waals surface area contributed by atoms with E-state index >= 15 is 0 Å². The summed E-state index contributed by atoms with van der Waals surface area (Å²) in [5, 5.41) is 18.6. The molecule has 6 heteroatoms. The van der Waals surface area contributed by atoms with E-state index < -0.39 is 0 Å². The second kappa shape index (κ2) is 3.54. The number of hydrogen-bond acceptors (Lipinski definition) is 4. The molecule has 1 aromatic rings. The lowest BCUT2D eigenvalue weighted by atomic mass is 10.0. The van der Waals surface area contributed by atoms with Gasteiger partial charge in [0.25, 0.3) is 5.91 Å². The van der Waals surface area contributed by atoms with Gasteiger partial charge in [-0.15, -0.1) is 0 Å². The van der Waals surface area contributed by atoms with Crippen molar-refractivity contribution in [2.24, 2.45) is 17.3 Å². The average Bonchev–Trinajstić information content (AvgIpc) is 2.84. The summed E-state index contributed by atoms with van der Waals surface area (Å²) in [7, 11) is 0. The molecule has 2 unspecified atom stereocenters. The standard InChI is InChI=1S/C11H15N3O3/c15-5-11(6-16)7-3-14(4-8(7)11)10(17)9-12-1-2-13-9/h1-2,7-8,15-16H,3-6H2,(H,12,13). The zero-order chi connectivity index (χ0) is 12.0. The average molecular weight is 237 g/mol. The summed E-state index contributed by atoms with van der Waals surface area (Å²) < 4.78 is 0. The number of nitrogens with zero attached hydrogens (tertiary/aromatic N) is 2. The smallest absolute Gasteiger partial charge is 0.289 e. The molecule has 92 valence electrons. The van der Waals surface area contributed by atoms with E-state index in [9.17, 15) is 15.0 Å². The quantitative estimate of drug-likeness (QED) is 0.634. The second-order valence-corrected chi connectivity index (χ2v) is 4.91. The number of imidazole rings is 1. The molecule has 0 spiro atoms. The number of aromatic nitrogens is 2. The van der Waals surface area contributed by atoms with Gasteiger partial charge in [-0.05, 0) is 11.8 Å². The lowest BCUT2D eigenvalue weighted by Gasteiger charge is -2.23. The number of carbonyl (C=O) groups is 1. The third-order valence-corrected chi connectivity index (χ3v) is 4.26. The summed E-state index contributed by atoms with van der Waals surface area (Å²) in [5.74, 6) is 0.713. The number of hydrogen-bond donors (Lipinski definition) is 3. The first-order chi connectivity index (χ1) is 8.23. The van der Waals surface area contributed by atoms with Crippen LogP contribution in [0.15, 0.2) is 12.4 Å². The number of likely N-dealkylation sites (tertiary alicyclic amines) is 1. The summed E-state index contributed by atoms with van der Waals surface area (Å²) in [6.07, 6.45) is 3.17. The van der Waals surface area contributed by atoms with Crippen molar-refractivity contribution < 1.29 is 15.0 Å². The maximum absolute atomic E-state index is 12.0. The normalized spacial score (nSPS) is 29.2. The summed E-state index contributed by atoms with van der Waals surface area (Å²) in [6.45, 7) is 1.21. The summed E-state index contributed by atoms with van der Waals surface area (Å²) in [5.41, 5.74) is -0.347. The van der Waals surface area contributed by atoms with Crippen LogP contribution in [0.2, 0.25) is 0 Å². The molecule has 1 aromatic heterocycles. The molecule has 2 atom stereocenters. The van der Waals surface area contributed by atoms with Gasteiger partial charge >= 0.3 is 0 Å². The molecule has 17 heavy (non-hydrogen) atoms. The first-order valence-electron chi connectivity index (χ1n) is 5.73. The number of aliphatic hydroxyl groups is 2. The van der Waals surface area contributed by atoms with Gasteiger partial charge in [0.2, 0.25) is 0 Å². The highest BCUT2D eigenvalue weighted by Crippen LogP contribution is 2.62. The van der Waals surface area contributed by atoms with Gasteiger partial charge in [-0.2, -0.15) is 0 Å². The van der Waals surface area contributed by atoms with Crippen LogP contribution in [0.5, 0.6) is 0 Å². The van der Waals surface area contributed by atoms with Gasteiger partial charge in [-0.1, -0.05) is 0 Å². The van der Waals surface area contributed by atoms with Crippen LogP contribution >= 0.6 is 0 Å². The molecule has 2 aliphatic rings. The molecule has 1 aliphatic carbocycles. The third kappa shape index (κ3) is 1.34. The van der Waals surface area contributed by atoms with E-state index in [1.54, 1.807) is 17.3 Å². The molecule has 2 fully saturated rings. The van der Waals surface area contributed by atoms with Crippen LogP contribution < -0.4 is 0 Å². The topological polar surface area (TPSA) is 89.5 Å². The Kier molecular flexibility index (Phi) is 2.24. The van der Waals surface area contributed by atoms with Crippen molar-refractivity contribution in [3.05, 3.63) is 18.2 Å². The molecular formula is C11H15N3O3. The molecule has 1 amide bonds. The Morgan fingerprint density at radius 2 is 2.12 bits per heavy atom. The molecule has 2 heterocycles. The van der Waals surface area contributed by atoms with Crippen LogP contribution in [0.25, 0.3) is 0 Å². The minimum Gasteiger partial charge on any atom is -0.396 e. The minimum absolute atomic E-state index is 0.00160. The molecule has 0 bridgehead atoms. The first kappa shape index (κ1) is 10.7. The fourth-order valence-electron chi connectivity index (χ4n) is 3.05. The van der Waals surface area contributed by atoms with Gasteiger partial charge in [0.05, 0.1) is 13.2 Å². The highest BCUT2D eigenvalue weighted by molar-refractivity contribution is 5.90. The number of rotatable bonds is 3. The number of amides is 1. The van der Waals surface area contributed by atoms with E-state index in [1.165, 1.54) is 0 Å². The Balaban J connectivity index is 1.68. The van der Waals surface area contributed by atoms with Gasteiger partial charge in [0, 0.05) is 30.9 Å². The highest BCUT2D eigenvalue weighted by atomic mass is 16.3. The molecule has 3 rings (SSSR count). The number of H-pyrrole nitrogens is 1. The largest absolute Gasteiger partial charge is 0.396 e. The van der Waals surface area contributed by atoms with E-state index in [1.807, 2.05) is 0 Å². The number of carbonyl (C=O) groups excluding carboxylic acids is 1. The van der Waals surface area contributed by atoms with E-state index in [0.29, 0.717) is 18.9 Å².